The minimum Gasteiger partial charge on any atom is -0.329 e. The lowest BCUT2D eigenvalue weighted by atomic mass is 10.2. The van der Waals surface area contributed by atoms with E-state index in [-0.39, 0.29) is 11.8 Å². The van der Waals surface area contributed by atoms with E-state index in [9.17, 15) is 8.42 Å². The second-order valence-corrected chi connectivity index (χ2v) is 8.06. The van der Waals surface area contributed by atoms with Gasteiger partial charge in [0.15, 0.2) is 0 Å². The predicted molar refractivity (Wildman–Crippen MR) is 76.2 cm³/mol. The molecule has 1 aromatic heterocycles. The summed E-state index contributed by atoms with van der Waals surface area (Å²) in [4.78, 5) is 3.13. The Morgan fingerprint density at radius 1 is 1.59 bits per heavy atom. The smallest absolute Gasteiger partial charge is 0.148 e. The molecule has 1 heterocycles. The summed E-state index contributed by atoms with van der Waals surface area (Å²) in [6.07, 6.45) is 1.25. The van der Waals surface area contributed by atoms with Gasteiger partial charge >= 0.3 is 0 Å². The number of sulfone groups is 1. The number of nitrogens with zero attached hydrogens (tertiary/aromatic N) is 1. The Morgan fingerprint density at radius 2 is 2.24 bits per heavy atom. The zero-order chi connectivity index (χ0) is 13.1. The summed E-state index contributed by atoms with van der Waals surface area (Å²) >= 11 is 5.10. The second-order valence-electron chi connectivity index (χ2n) is 3.99. The Hall–Kier alpha value is 0.0500. The van der Waals surface area contributed by atoms with Gasteiger partial charge in [0.1, 0.15) is 9.84 Å². The largest absolute Gasteiger partial charge is 0.329 e. The normalized spacial score (nSPS) is 14.2. The van der Waals surface area contributed by atoms with Crippen LogP contribution in [0.15, 0.2) is 15.9 Å². The first-order valence-corrected chi connectivity index (χ1v) is 8.89. The fourth-order valence-electron chi connectivity index (χ4n) is 1.50. The maximum absolute atomic E-state index is 11.1. The molecule has 1 rings (SSSR count). The van der Waals surface area contributed by atoms with Crippen LogP contribution in [0.25, 0.3) is 0 Å². The van der Waals surface area contributed by atoms with Crippen LogP contribution in [0.1, 0.15) is 10.9 Å². The predicted octanol–water partition coefficient (Wildman–Crippen LogP) is 1.49. The molecule has 0 spiro atoms. The van der Waals surface area contributed by atoms with Crippen LogP contribution in [0.4, 0.5) is 0 Å². The molecule has 1 atom stereocenters. The summed E-state index contributed by atoms with van der Waals surface area (Å²) < 4.78 is 23.3. The van der Waals surface area contributed by atoms with Crippen molar-refractivity contribution in [1.82, 2.24) is 4.90 Å². The van der Waals surface area contributed by atoms with E-state index in [1.807, 2.05) is 23.4 Å². The molecule has 0 bridgehead atoms. The maximum atomic E-state index is 11.1. The molecule has 0 amide bonds. The van der Waals surface area contributed by atoms with Gasteiger partial charge < -0.3 is 5.73 Å². The minimum atomic E-state index is -2.93. The third-order valence-corrected chi connectivity index (χ3v) is 5.41. The van der Waals surface area contributed by atoms with E-state index in [1.165, 1.54) is 6.26 Å². The Balaban J connectivity index is 2.72. The molecule has 0 aliphatic heterocycles. The number of thiophene rings is 1. The molecular weight excluding hydrogens is 324 g/mol. The molecule has 1 aromatic rings. The van der Waals surface area contributed by atoms with Crippen LogP contribution in [0.2, 0.25) is 0 Å². The summed E-state index contributed by atoms with van der Waals surface area (Å²) in [7, 11) is -1.03. The fraction of sp³-hybridized carbons (Fsp3) is 0.600. The third kappa shape index (κ3) is 4.67. The molecule has 7 heteroatoms. The second kappa shape index (κ2) is 6.29. The van der Waals surface area contributed by atoms with Crippen molar-refractivity contribution in [3.8, 4) is 0 Å². The number of nitrogens with two attached hydrogens (primary N) is 1. The molecule has 98 valence electrons. The van der Waals surface area contributed by atoms with Gasteiger partial charge in [0.2, 0.25) is 0 Å². The highest BCUT2D eigenvalue weighted by Crippen LogP contribution is 2.31. The summed E-state index contributed by atoms with van der Waals surface area (Å²) in [5.74, 6) is 0.156. The van der Waals surface area contributed by atoms with Crippen molar-refractivity contribution < 1.29 is 8.42 Å². The molecule has 2 N–H and O–H groups in total. The fourth-order valence-corrected chi connectivity index (χ4v) is 3.93. The Labute approximate surface area is 115 Å². The van der Waals surface area contributed by atoms with Gasteiger partial charge in [0.25, 0.3) is 0 Å². The van der Waals surface area contributed by atoms with Crippen LogP contribution in [0.5, 0.6) is 0 Å². The van der Waals surface area contributed by atoms with Gasteiger partial charge in [-0.3, -0.25) is 4.90 Å². The molecule has 0 fully saturated rings. The standard InChI is InChI=1S/C10H17BrN2O2S2/c1-13(4-6-17(2,14)15)9(7-12)10-8(11)3-5-16-10/h3,5,9H,4,6-7,12H2,1-2H3. The van der Waals surface area contributed by atoms with Gasteiger partial charge in [0.05, 0.1) is 11.8 Å². The van der Waals surface area contributed by atoms with Crippen molar-refractivity contribution in [3.05, 3.63) is 20.8 Å². The zero-order valence-electron chi connectivity index (χ0n) is 9.89. The highest BCUT2D eigenvalue weighted by Gasteiger charge is 2.20. The quantitative estimate of drug-likeness (QED) is 0.852. The molecule has 17 heavy (non-hydrogen) atoms. The maximum Gasteiger partial charge on any atom is 0.148 e. The molecule has 0 radical (unpaired) electrons. The van der Waals surface area contributed by atoms with Crippen LogP contribution in [-0.4, -0.2) is 45.5 Å². The number of rotatable bonds is 6. The zero-order valence-corrected chi connectivity index (χ0v) is 13.1. The molecule has 0 aromatic carbocycles. The lowest BCUT2D eigenvalue weighted by Crippen LogP contribution is -2.33. The van der Waals surface area contributed by atoms with E-state index in [4.69, 9.17) is 5.73 Å². The van der Waals surface area contributed by atoms with Gasteiger partial charge in [-0.2, -0.15) is 0 Å². The molecule has 0 saturated heterocycles. The summed E-state index contributed by atoms with van der Waals surface area (Å²) in [5.41, 5.74) is 5.77. The van der Waals surface area contributed by atoms with Gasteiger partial charge in [-0.15, -0.1) is 11.3 Å². The molecule has 0 aliphatic carbocycles. The van der Waals surface area contributed by atoms with Crippen molar-refractivity contribution in [2.24, 2.45) is 5.73 Å². The number of halogens is 1. The summed E-state index contributed by atoms with van der Waals surface area (Å²) in [6.45, 7) is 0.963. The van der Waals surface area contributed by atoms with Gasteiger partial charge in [-0.05, 0) is 34.4 Å². The minimum absolute atomic E-state index is 0.0612. The van der Waals surface area contributed by atoms with Crippen molar-refractivity contribution in [3.63, 3.8) is 0 Å². The molecule has 0 aliphatic rings. The highest BCUT2D eigenvalue weighted by molar-refractivity contribution is 9.10. The molecule has 4 nitrogen and oxygen atoms in total. The monoisotopic (exact) mass is 340 g/mol. The first-order valence-electron chi connectivity index (χ1n) is 5.16. The molecular formula is C10H17BrN2O2S2. The first-order chi connectivity index (χ1) is 7.85. The summed E-state index contributed by atoms with van der Waals surface area (Å²) in [5, 5.41) is 1.99. The van der Waals surface area contributed by atoms with Gasteiger partial charge in [0, 0.05) is 28.7 Å². The van der Waals surface area contributed by atoms with E-state index < -0.39 is 9.84 Å². The summed E-state index contributed by atoms with van der Waals surface area (Å²) in [6, 6.07) is 2.04. The highest BCUT2D eigenvalue weighted by atomic mass is 79.9. The van der Waals surface area contributed by atoms with Crippen LogP contribution < -0.4 is 5.73 Å². The van der Waals surface area contributed by atoms with Crippen LogP contribution in [-0.2, 0) is 9.84 Å². The van der Waals surface area contributed by atoms with E-state index >= 15 is 0 Å². The average Bonchev–Trinajstić information content (AvgIpc) is 2.62. The van der Waals surface area contributed by atoms with Crippen LogP contribution in [0.3, 0.4) is 0 Å². The Kier molecular flexibility index (Phi) is 5.59. The topological polar surface area (TPSA) is 63.4 Å². The third-order valence-electron chi connectivity index (χ3n) is 2.52. The number of likely N-dealkylation sites (N-methyl/N-ethyl adjacent to an activating group) is 1. The van der Waals surface area contributed by atoms with Crippen molar-refractivity contribution >= 4 is 37.1 Å². The van der Waals surface area contributed by atoms with Gasteiger partial charge in [-0.25, -0.2) is 8.42 Å². The van der Waals surface area contributed by atoms with Crippen molar-refractivity contribution in [1.29, 1.82) is 0 Å². The van der Waals surface area contributed by atoms with Crippen molar-refractivity contribution in [2.45, 2.75) is 6.04 Å². The van der Waals surface area contributed by atoms with E-state index in [0.29, 0.717) is 13.1 Å². The van der Waals surface area contributed by atoms with E-state index in [0.717, 1.165) is 9.35 Å². The Bertz CT molecular complexity index is 459. The Morgan fingerprint density at radius 3 is 2.65 bits per heavy atom. The average molecular weight is 341 g/mol. The lowest BCUT2D eigenvalue weighted by molar-refractivity contribution is 0.267. The SMILES string of the molecule is CN(CCS(C)(=O)=O)C(CN)c1sccc1Br. The first kappa shape index (κ1) is 15.1. The number of hydrogen-bond donors (Lipinski definition) is 1. The molecule has 1 unspecified atom stereocenters. The van der Waals surface area contributed by atoms with E-state index in [2.05, 4.69) is 15.9 Å². The van der Waals surface area contributed by atoms with Gasteiger partial charge in [-0.1, -0.05) is 0 Å². The van der Waals surface area contributed by atoms with Crippen molar-refractivity contribution in [2.75, 3.05) is 32.1 Å². The molecule has 0 saturated carbocycles. The lowest BCUT2D eigenvalue weighted by Gasteiger charge is -2.26. The van der Waals surface area contributed by atoms with Crippen LogP contribution >= 0.6 is 27.3 Å². The van der Waals surface area contributed by atoms with Crippen LogP contribution in [0, 0.1) is 0 Å². The van der Waals surface area contributed by atoms with E-state index in [1.54, 1.807) is 11.3 Å². The number of hydrogen-bond acceptors (Lipinski definition) is 5.